The molecule has 154 valence electrons. The maximum Gasteiger partial charge on any atom is 0.259 e. The lowest BCUT2D eigenvalue weighted by Crippen LogP contribution is -2.24. The van der Waals surface area contributed by atoms with E-state index >= 15 is 0 Å². The molecule has 1 unspecified atom stereocenters. The summed E-state index contributed by atoms with van der Waals surface area (Å²) in [5.74, 6) is -1.12. The largest absolute Gasteiger partial charge is 0.494 e. The third-order valence-electron chi connectivity index (χ3n) is 4.66. The minimum atomic E-state index is -1.04. The van der Waals surface area contributed by atoms with Crippen LogP contribution in [-0.4, -0.2) is 29.6 Å². The molecule has 4 rings (SSSR count). The lowest BCUT2D eigenvalue weighted by Gasteiger charge is -2.28. The van der Waals surface area contributed by atoms with E-state index in [0.29, 0.717) is 36.0 Å². The van der Waals surface area contributed by atoms with Crippen LogP contribution < -0.4 is 20.1 Å². The fraction of sp³-hybridized carbons (Fsp3) is 0.190. The molecular formula is C21H18F2N4O3. The summed E-state index contributed by atoms with van der Waals surface area (Å²) in [5.41, 5.74) is 1.21. The first-order chi connectivity index (χ1) is 14.5. The monoisotopic (exact) mass is 412 g/mol. The highest BCUT2D eigenvalue weighted by molar-refractivity contribution is 6.06. The summed E-state index contributed by atoms with van der Waals surface area (Å²) in [7, 11) is 1.54. The van der Waals surface area contributed by atoms with E-state index in [9.17, 15) is 13.6 Å². The standard InChI is InChI=1S/C21H18F2N4O3/c1-29-13-10-24-21(25-11-13)27-18-7-8-30-19-14(18)3-2-4-15(19)20(28)26-12-5-6-16(22)17(23)9-12/h2-6,9-11,18H,7-8H2,1H3,(H,26,28)(H,24,25,27). The second-order valence-corrected chi connectivity index (χ2v) is 6.59. The minimum Gasteiger partial charge on any atom is -0.494 e. The average Bonchev–Trinajstić information content (AvgIpc) is 2.76. The number of halogens is 2. The molecule has 1 aliphatic rings. The van der Waals surface area contributed by atoms with Crippen LogP contribution in [-0.2, 0) is 0 Å². The number of nitrogens with zero attached hydrogens (tertiary/aromatic N) is 2. The molecule has 2 aromatic carbocycles. The summed E-state index contributed by atoms with van der Waals surface area (Å²) in [6, 6.07) is 8.20. The summed E-state index contributed by atoms with van der Waals surface area (Å²) in [4.78, 5) is 21.2. The zero-order valence-corrected chi connectivity index (χ0v) is 16.0. The normalized spacial score (nSPS) is 15.0. The molecule has 0 bridgehead atoms. The van der Waals surface area contributed by atoms with Crippen LogP contribution in [0.4, 0.5) is 20.4 Å². The van der Waals surface area contributed by atoms with E-state index in [1.807, 2.05) is 6.07 Å². The van der Waals surface area contributed by atoms with Crippen molar-refractivity contribution in [2.24, 2.45) is 0 Å². The van der Waals surface area contributed by atoms with Crippen LogP contribution in [0.15, 0.2) is 48.8 Å². The summed E-state index contributed by atoms with van der Waals surface area (Å²) >= 11 is 0. The molecule has 1 amide bonds. The zero-order chi connectivity index (χ0) is 21.1. The van der Waals surface area contributed by atoms with E-state index in [1.54, 1.807) is 24.5 Å². The van der Waals surface area contributed by atoms with Gasteiger partial charge in [-0.1, -0.05) is 12.1 Å². The van der Waals surface area contributed by atoms with Crippen LogP contribution >= 0.6 is 0 Å². The van der Waals surface area contributed by atoms with Crippen LogP contribution in [0.1, 0.15) is 28.4 Å². The van der Waals surface area contributed by atoms with Crippen LogP contribution in [0.2, 0.25) is 0 Å². The number of carbonyl (C=O) groups is 1. The molecule has 1 aliphatic heterocycles. The van der Waals surface area contributed by atoms with Crippen LogP contribution in [0.5, 0.6) is 11.5 Å². The van der Waals surface area contributed by atoms with Crippen molar-refractivity contribution in [2.75, 3.05) is 24.4 Å². The van der Waals surface area contributed by atoms with Crippen molar-refractivity contribution in [3.05, 3.63) is 71.6 Å². The molecule has 3 aromatic rings. The van der Waals surface area contributed by atoms with Crippen LogP contribution in [0.25, 0.3) is 0 Å². The number of fused-ring (bicyclic) bond motifs is 1. The number of hydrogen-bond donors (Lipinski definition) is 2. The van der Waals surface area contributed by atoms with Gasteiger partial charge in [0.2, 0.25) is 5.95 Å². The summed E-state index contributed by atoms with van der Waals surface area (Å²) in [6.07, 6.45) is 3.76. The Labute approximate surface area is 171 Å². The highest BCUT2D eigenvalue weighted by Crippen LogP contribution is 2.36. The molecule has 0 spiro atoms. The molecular weight excluding hydrogens is 394 g/mol. The van der Waals surface area contributed by atoms with Crippen molar-refractivity contribution in [1.29, 1.82) is 0 Å². The quantitative estimate of drug-likeness (QED) is 0.660. The highest BCUT2D eigenvalue weighted by Gasteiger charge is 2.26. The smallest absolute Gasteiger partial charge is 0.259 e. The molecule has 2 heterocycles. The van der Waals surface area contributed by atoms with Crippen molar-refractivity contribution < 1.29 is 23.0 Å². The molecule has 0 saturated carbocycles. The van der Waals surface area contributed by atoms with Crippen LogP contribution in [0.3, 0.4) is 0 Å². The average molecular weight is 412 g/mol. The van der Waals surface area contributed by atoms with Gasteiger partial charge in [-0.3, -0.25) is 4.79 Å². The molecule has 0 aliphatic carbocycles. The lowest BCUT2D eigenvalue weighted by atomic mass is 9.97. The van der Waals surface area contributed by atoms with Crippen molar-refractivity contribution in [2.45, 2.75) is 12.5 Å². The van der Waals surface area contributed by atoms with Gasteiger partial charge in [0.1, 0.15) is 5.75 Å². The number of nitrogens with one attached hydrogen (secondary N) is 2. The Morgan fingerprint density at radius 1 is 1.17 bits per heavy atom. The number of hydrogen-bond acceptors (Lipinski definition) is 6. The Balaban J connectivity index is 1.57. The van der Waals surface area contributed by atoms with Gasteiger partial charge in [0, 0.05) is 23.7 Å². The molecule has 9 heteroatoms. The molecule has 0 fully saturated rings. The van der Waals surface area contributed by atoms with E-state index in [1.165, 1.54) is 13.2 Å². The number of benzene rings is 2. The minimum absolute atomic E-state index is 0.147. The topological polar surface area (TPSA) is 85.4 Å². The van der Waals surface area contributed by atoms with E-state index in [2.05, 4.69) is 20.6 Å². The Bertz CT molecular complexity index is 1080. The van der Waals surface area contributed by atoms with E-state index < -0.39 is 17.5 Å². The van der Waals surface area contributed by atoms with E-state index in [-0.39, 0.29) is 11.7 Å². The first-order valence-electron chi connectivity index (χ1n) is 9.20. The molecule has 7 nitrogen and oxygen atoms in total. The predicted molar refractivity (Wildman–Crippen MR) is 106 cm³/mol. The van der Waals surface area contributed by atoms with Gasteiger partial charge in [-0.05, 0) is 18.2 Å². The van der Waals surface area contributed by atoms with Crippen molar-refractivity contribution in [3.8, 4) is 11.5 Å². The third kappa shape index (κ3) is 4.00. The van der Waals surface area contributed by atoms with Gasteiger partial charge in [-0.2, -0.15) is 0 Å². The SMILES string of the molecule is COc1cnc(NC2CCOc3c(C(=O)Nc4ccc(F)c(F)c4)cccc32)nc1. The van der Waals surface area contributed by atoms with Crippen LogP contribution in [0, 0.1) is 11.6 Å². The number of para-hydroxylation sites is 1. The number of ether oxygens (including phenoxy) is 2. The first kappa shape index (κ1) is 19.6. The Morgan fingerprint density at radius 3 is 2.70 bits per heavy atom. The number of amides is 1. The second kappa shape index (κ2) is 8.32. The molecule has 0 saturated heterocycles. The van der Waals surface area contributed by atoms with Crippen molar-refractivity contribution >= 4 is 17.5 Å². The van der Waals surface area contributed by atoms with E-state index in [4.69, 9.17) is 9.47 Å². The fourth-order valence-corrected chi connectivity index (χ4v) is 3.18. The van der Waals surface area contributed by atoms with Gasteiger partial charge in [0.15, 0.2) is 17.4 Å². The molecule has 2 N–H and O–H groups in total. The number of aromatic nitrogens is 2. The number of rotatable bonds is 5. The predicted octanol–water partition coefficient (Wildman–Crippen LogP) is 3.95. The zero-order valence-electron chi connectivity index (χ0n) is 16.0. The van der Waals surface area contributed by atoms with Gasteiger partial charge in [0.25, 0.3) is 5.91 Å². The maximum absolute atomic E-state index is 13.4. The first-order valence-corrected chi connectivity index (χ1v) is 9.20. The summed E-state index contributed by atoms with van der Waals surface area (Å²) in [5, 5.41) is 5.81. The maximum atomic E-state index is 13.4. The van der Waals surface area contributed by atoms with Gasteiger partial charge < -0.3 is 20.1 Å². The number of anilines is 2. The summed E-state index contributed by atoms with van der Waals surface area (Å²) in [6.45, 7) is 0.385. The van der Waals surface area contributed by atoms with Crippen molar-refractivity contribution in [3.63, 3.8) is 0 Å². The number of methoxy groups -OCH3 is 1. The third-order valence-corrected chi connectivity index (χ3v) is 4.66. The molecule has 30 heavy (non-hydrogen) atoms. The van der Waals surface area contributed by atoms with E-state index in [0.717, 1.165) is 17.7 Å². The Morgan fingerprint density at radius 2 is 1.97 bits per heavy atom. The van der Waals surface area contributed by atoms with Gasteiger partial charge in [-0.15, -0.1) is 0 Å². The summed E-state index contributed by atoms with van der Waals surface area (Å²) < 4.78 is 37.4. The molecule has 1 aromatic heterocycles. The number of carbonyl (C=O) groups excluding carboxylic acids is 1. The van der Waals surface area contributed by atoms with Crippen molar-refractivity contribution in [1.82, 2.24) is 9.97 Å². The Hall–Kier alpha value is -3.75. The Kier molecular flexibility index (Phi) is 5.42. The molecule has 1 atom stereocenters. The molecule has 0 radical (unpaired) electrons. The lowest BCUT2D eigenvalue weighted by molar-refractivity contribution is 0.102. The highest BCUT2D eigenvalue weighted by atomic mass is 19.2. The van der Waals surface area contributed by atoms with Gasteiger partial charge in [0.05, 0.1) is 37.7 Å². The second-order valence-electron chi connectivity index (χ2n) is 6.59. The van der Waals surface area contributed by atoms with Gasteiger partial charge in [-0.25, -0.2) is 18.7 Å². The van der Waals surface area contributed by atoms with Gasteiger partial charge >= 0.3 is 0 Å². The fourth-order valence-electron chi connectivity index (χ4n) is 3.18.